The van der Waals surface area contributed by atoms with Gasteiger partial charge in [-0.25, -0.2) is 4.79 Å². The summed E-state index contributed by atoms with van der Waals surface area (Å²) in [4.78, 5) is 26.8. The van der Waals surface area contributed by atoms with E-state index in [1.165, 1.54) is 15.9 Å². The predicted octanol–water partition coefficient (Wildman–Crippen LogP) is 0.0939. The molecule has 0 bridgehead atoms. The van der Waals surface area contributed by atoms with Gasteiger partial charge in [-0.1, -0.05) is 0 Å². The number of ether oxygens (including phenoxy) is 1. The predicted molar refractivity (Wildman–Crippen MR) is 78.6 cm³/mol. The lowest BCUT2D eigenvalue weighted by molar-refractivity contribution is 0.0361. The van der Waals surface area contributed by atoms with Gasteiger partial charge in [0.1, 0.15) is 4.70 Å². The van der Waals surface area contributed by atoms with Crippen molar-refractivity contribution in [2.75, 3.05) is 32.8 Å². The average Bonchev–Trinajstić information content (AvgIpc) is 2.96. The maximum absolute atomic E-state index is 12.4. The summed E-state index contributed by atoms with van der Waals surface area (Å²) in [6.45, 7) is 4.29. The summed E-state index contributed by atoms with van der Waals surface area (Å²) >= 11 is 1.39. The largest absolute Gasteiger partial charge is 0.379 e. The van der Waals surface area contributed by atoms with Gasteiger partial charge >= 0.3 is 5.69 Å². The normalized spacial score (nSPS) is 16.9. The first-order valence-corrected chi connectivity index (χ1v) is 7.53. The summed E-state index contributed by atoms with van der Waals surface area (Å²) in [5.41, 5.74) is 0.299. The van der Waals surface area contributed by atoms with Crippen LogP contribution in [0.1, 0.15) is 0 Å². The molecule has 1 aliphatic heterocycles. The van der Waals surface area contributed by atoms with Crippen LogP contribution < -0.4 is 11.2 Å². The summed E-state index contributed by atoms with van der Waals surface area (Å²) < 4.78 is 8.83. The molecule has 1 saturated heterocycles. The van der Waals surface area contributed by atoms with Crippen LogP contribution in [0, 0.1) is 0 Å². The molecule has 2 aromatic rings. The SMILES string of the molecule is Cn1c(=O)n(CCN2CCOCC2)c(=O)c2sccc21. The standard InChI is InChI=1S/C13H17N3O3S/c1-14-10-2-9-20-11(10)12(17)16(13(14)18)4-3-15-5-7-19-8-6-15/h2,9H,3-8H2,1H3. The Labute approximate surface area is 119 Å². The summed E-state index contributed by atoms with van der Waals surface area (Å²) in [5.74, 6) is 0. The second kappa shape index (κ2) is 5.51. The Morgan fingerprint density at radius 1 is 1.25 bits per heavy atom. The van der Waals surface area contributed by atoms with Crippen molar-refractivity contribution in [3.8, 4) is 0 Å². The summed E-state index contributed by atoms with van der Waals surface area (Å²) in [6.07, 6.45) is 0. The summed E-state index contributed by atoms with van der Waals surface area (Å²) in [7, 11) is 1.71. The molecule has 0 N–H and O–H groups in total. The number of aryl methyl sites for hydroxylation is 1. The molecule has 3 rings (SSSR count). The lowest BCUT2D eigenvalue weighted by atomic mass is 10.4. The van der Waals surface area contributed by atoms with E-state index in [-0.39, 0.29) is 11.2 Å². The van der Waals surface area contributed by atoms with Gasteiger partial charge in [-0.3, -0.25) is 18.8 Å². The second-order valence-corrected chi connectivity index (χ2v) is 5.80. The van der Waals surface area contributed by atoms with Crippen molar-refractivity contribution >= 4 is 21.6 Å². The Morgan fingerprint density at radius 3 is 2.75 bits per heavy atom. The molecule has 108 valence electrons. The molecule has 0 amide bonds. The first-order chi connectivity index (χ1) is 9.68. The highest BCUT2D eigenvalue weighted by atomic mass is 32.1. The van der Waals surface area contributed by atoms with Gasteiger partial charge in [0.05, 0.1) is 18.7 Å². The van der Waals surface area contributed by atoms with Gasteiger partial charge in [0, 0.05) is 33.2 Å². The quantitative estimate of drug-likeness (QED) is 0.805. The van der Waals surface area contributed by atoms with E-state index in [9.17, 15) is 9.59 Å². The van der Waals surface area contributed by atoms with Gasteiger partial charge in [0.15, 0.2) is 0 Å². The number of thiophene rings is 1. The summed E-state index contributed by atoms with van der Waals surface area (Å²) in [6, 6.07) is 1.81. The molecule has 0 unspecified atom stereocenters. The molecule has 7 heteroatoms. The van der Waals surface area contributed by atoms with Crippen LogP contribution in [0.5, 0.6) is 0 Å². The third kappa shape index (κ3) is 2.32. The average molecular weight is 295 g/mol. The Balaban J connectivity index is 1.91. The first kappa shape index (κ1) is 13.5. The molecule has 3 heterocycles. The minimum Gasteiger partial charge on any atom is -0.379 e. The fourth-order valence-corrected chi connectivity index (χ4v) is 3.35. The van der Waals surface area contributed by atoms with Gasteiger partial charge in [-0.2, -0.15) is 0 Å². The van der Waals surface area contributed by atoms with Crippen LogP contribution in [-0.4, -0.2) is 46.9 Å². The van der Waals surface area contributed by atoms with E-state index in [2.05, 4.69) is 4.90 Å². The summed E-state index contributed by atoms with van der Waals surface area (Å²) in [5, 5.41) is 1.85. The molecule has 1 fully saturated rings. The van der Waals surface area contributed by atoms with E-state index >= 15 is 0 Å². The van der Waals surface area contributed by atoms with Gasteiger partial charge < -0.3 is 4.74 Å². The maximum Gasteiger partial charge on any atom is 0.331 e. The Bertz CT molecular complexity index is 725. The zero-order valence-electron chi connectivity index (χ0n) is 11.4. The molecule has 0 atom stereocenters. The van der Waals surface area contributed by atoms with E-state index in [0.29, 0.717) is 23.3 Å². The molecular formula is C13H17N3O3S. The van der Waals surface area contributed by atoms with E-state index in [4.69, 9.17) is 4.74 Å². The molecule has 0 aliphatic carbocycles. The monoisotopic (exact) mass is 295 g/mol. The maximum atomic E-state index is 12.4. The van der Waals surface area contributed by atoms with E-state index in [0.717, 1.165) is 26.3 Å². The van der Waals surface area contributed by atoms with Crippen LogP contribution in [0.3, 0.4) is 0 Å². The molecule has 6 nitrogen and oxygen atoms in total. The van der Waals surface area contributed by atoms with Gasteiger partial charge in [0.2, 0.25) is 0 Å². The van der Waals surface area contributed by atoms with Crippen molar-refractivity contribution in [2.45, 2.75) is 6.54 Å². The Hall–Kier alpha value is -1.44. The highest BCUT2D eigenvalue weighted by molar-refractivity contribution is 7.17. The van der Waals surface area contributed by atoms with Crippen molar-refractivity contribution in [1.29, 1.82) is 0 Å². The number of fused-ring (bicyclic) bond motifs is 1. The molecule has 0 saturated carbocycles. The molecule has 0 radical (unpaired) electrons. The number of nitrogens with zero attached hydrogens (tertiary/aromatic N) is 3. The van der Waals surface area contributed by atoms with Gasteiger partial charge in [0.25, 0.3) is 5.56 Å². The minimum atomic E-state index is -0.242. The van der Waals surface area contributed by atoms with Crippen LogP contribution >= 0.6 is 11.3 Å². The van der Waals surface area contributed by atoms with Gasteiger partial charge in [-0.05, 0) is 11.4 Å². The fraction of sp³-hybridized carbons (Fsp3) is 0.538. The number of hydrogen-bond donors (Lipinski definition) is 0. The van der Waals surface area contributed by atoms with Crippen LogP contribution in [0.25, 0.3) is 10.2 Å². The molecule has 20 heavy (non-hydrogen) atoms. The number of morpholine rings is 1. The smallest absolute Gasteiger partial charge is 0.331 e. The lowest BCUT2D eigenvalue weighted by Crippen LogP contribution is -2.44. The third-order valence-electron chi connectivity index (χ3n) is 3.71. The van der Waals surface area contributed by atoms with Crippen LogP contribution in [0.2, 0.25) is 0 Å². The minimum absolute atomic E-state index is 0.175. The topological polar surface area (TPSA) is 56.5 Å². The van der Waals surface area contributed by atoms with Gasteiger partial charge in [-0.15, -0.1) is 11.3 Å². The zero-order valence-corrected chi connectivity index (χ0v) is 12.2. The van der Waals surface area contributed by atoms with E-state index in [1.807, 2.05) is 11.4 Å². The van der Waals surface area contributed by atoms with Crippen molar-refractivity contribution in [3.05, 3.63) is 32.3 Å². The van der Waals surface area contributed by atoms with Crippen molar-refractivity contribution in [1.82, 2.24) is 14.0 Å². The number of rotatable bonds is 3. The van der Waals surface area contributed by atoms with Crippen molar-refractivity contribution in [2.24, 2.45) is 7.05 Å². The van der Waals surface area contributed by atoms with Crippen LogP contribution in [0.15, 0.2) is 21.0 Å². The fourth-order valence-electron chi connectivity index (χ4n) is 2.48. The zero-order chi connectivity index (χ0) is 14.1. The van der Waals surface area contributed by atoms with E-state index < -0.39 is 0 Å². The molecule has 0 spiro atoms. The highest BCUT2D eigenvalue weighted by Crippen LogP contribution is 2.13. The number of hydrogen-bond acceptors (Lipinski definition) is 5. The molecular weight excluding hydrogens is 278 g/mol. The van der Waals surface area contributed by atoms with Crippen LogP contribution in [-0.2, 0) is 18.3 Å². The molecule has 2 aromatic heterocycles. The van der Waals surface area contributed by atoms with Crippen molar-refractivity contribution < 1.29 is 4.74 Å². The molecule has 0 aromatic carbocycles. The Morgan fingerprint density at radius 2 is 2.00 bits per heavy atom. The molecule has 1 aliphatic rings. The van der Waals surface area contributed by atoms with E-state index in [1.54, 1.807) is 11.6 Å². The first-order valence-electron chi connectivity index (χ1n) is 6.65. The second-order valence-electron chi connectivity index (χ2n) is 4.89. The highest BCUT2D eigenvalue weighted by Gasteiger charge is 2.14. The van der Waals surface area contributed by atoms with Crippen LogP contribution in [0.4, 0.5) is 0 Å². The van der Waals surface area contributed by atoms with Crippen molar-refractivity contribution in [3.63, 3.8) is 0 Å². The number of aromatic nitrogens is 2. The third-order valence-corrected chi connectivity index (χ3v) is 4.60. The lowest BCUT2D eigenvalue weighted by Gasteiger charge is -2.26. The Kier molecular flexibility index (Phi) is 3.73.